The van der Waals surface area contributed by atoms with Crippen molar-refractivity contribution in [3.05, 3.63) is 24.3 Å². The average Bonchev–Trinajstić information content (AvgIpc) is 2.81. The molecule has 2 atom stereocenters. The Labute approximate surface area is 207 Å². The van der Waals surface area contributed by atoms with Gasteiger partial charge in [-0.05, 0) is 38.2 Å². The van der Waals surface area contributed by atoms with Gasteiger partial charge in [0.2, 0.25) is 11.3 Å². The second-order valence-corrected chi connectivity index (χ2v) is 8.55. The summed E-state index contributed by atoms with van der Waals surface area (Å²) in [5.74, 6) is 3.88. The van der Waals surface area contributed by atoms with Gasteiger partial charge < -0.3 is 24.8 Å². The number of hydrogen-bond acceptors (Lipinski definition) is 5. The molecule has 7 nitrogen and oxygen atoms in total. The monoisotopic (exact) mass is 496 g/mol. The van der Waals surface area contributed by atoms with E-state index in [1.807, 2.05) is 6.08 Å². The fourth-order valence-corrected chi connectivity index (χ4v) is 3.63. The maximum absolute atomic E-state index is 14.8. The lowest BCUT2D eigenvalue weighted by atomic mass is 9.94. The van der Waals surface area contributed by atoms with Crippen LogP contribution in [0.3, 0.4) is 0 Å². The molecule has 0 radical (unpaired) electrons. The molecule has 2 N–H and O–H groups in total. The van der Waals surface area contributed by atoms with Crippen LogP contribution < -0.4 is 10.6 Å². The molecule has 0 spiro atoms. The molecule has 2 rings (SSSR count). The van der Waals surface area contributed by atoms with Crippen LogP contribution in [0.15, 0.2) is 24.3 Å². The number of carbonyl (C=O) groups excluding carboxylic acids is 2. The first-order valence-electron chi connectivity index (χ1n) is 12.5. The van der Waals surface area contributed by atoms with E-state index in [1.54, 1.807) is 12.2 Å². The van der Waals surface area contributed by atoms with E-state index in [-0.39, 0.29) is 39.1 Å². The van der Waals surface area contributed by atoms with Crippen molar-refractivity contribution in [3.8, 4) is 11.8 Å². The number of hydrogen-bond donors (Lipinski definition) is 2. The van der Waals surface area contributed by atoms with Gasteiger partial charge in [0, 0.05) is 25.9 Å². The highest BCUT2D eigenvalue weighted by atomic mass is 19.1. The third-order valence-corrected chi connectivity index (χ3v) is 5.67. The topological polar surface area (TPSA) is 85.9 Å². The van der Waals surface area contributed by atoms with Crippen molar-refractivity contribution in [2.24, 2.45) is 0 Å². The number of rotatable bonds is 14. The van der Waals surface area contributed by atoms with Crippen molar-refractivity contribution < 1.29 is 32.6 Å². The summed E-state index contributed by atoms with van der Waals surface area (Å²) in [6, 6.07) is 0. The number of carbonyl (C=O) groups is 2. The highest BCUT2D eigenvalue weighted by Crippen LogP contribution is 2.24. The molecule has 2 unspecified atom stereocenters. The summed E-state index contributed by atoms with van der Waals surface area (Å²) >= 11 is 0. The van der Waals surface area contributed by atoms with Gasteiger partial charge in [0.15, 0.2) is 0 Å². The van der Waals surface area contributed by atoms with Crippen LogP contribution in [0.5, 0.6) is 0 Å². The molecule has 2 amide bonds. The summed E-state index contributed by atoms with van der Waals surface area (Å²) in [5.41, 5.74) is -4.09. The summed E-state index contributed by atoms with van der Waals surface area (Å²) in [6.07, 6.45) is 11.3. The molecular formula is C26H38F2N2O5. The minimum absolute atomic E-state index is 0.126. The van der Waals surface area contributed by atoms with Crippen molar-refractivity contribution >= 4 is 11.8 Å². The number of amides is 2. The first kappa shape index (κ1) is 29.0. The van der Waals surface area contributed by atoms with Crippen LogP contribution in [0.1, 0.15) is 51.4 Å². The number of allylic oxidation sites excluding steroid dienone is 3. The molecule has 9 heteroatoms. The van der Waals surface area contributed by atoms with Gasteiger partial charge in [-0.25, -0.2) is 8.78 Å². The highest BCUT2D eigenvalue weighted by molar-refractivity contribution is 5.88. The summed E-state index contributed by atoms with van der Waals surface area (Å²) in [6.45, 7) is 2.27. The van der Waals surface area contributed by atoms with Crippen LogP contribution in [0.2, 0.25) is 0 Å². The molecule has 2 aliphatic carbocycles. The SMILES string of the molecule is O=C(NCCOCCOCCOCCNC(=O)C1(F)/C=C\C=C/CCC1)C1(F)C#CCCCCC1. The van der Waals surface area contributed by atoms with Gasteiger partial charge in [-0.1, -0.05) is 36.5 Å². The standard InChI is InChI=1S/C26H38F2N2O5/c27-25(11-7-3-1-4-8-12-25)23(31)29-15-17-33-19-21-35-22-20-34-18-16-30-24(32)26(28)13-9-5-2-6-10-14-26/h1,3,7,11H,2,4-6,8-9,12-13,15-22H2,(H,29,31)(H,30,32)/b3-1-,11-7-. The molecule has 196 valence electrons. The van der Waals surface area contributed by atoms with Crippen LogP contribution in [0.25, 0.3) is 0 Å². The molecule has 0 heterocycles. The lowest BCUT2D eigenvalue weighted by Gasteiger charge is -2.21. The number of halogens is 2. The molecule has 0 saturated carbocycles. The van der Waals surface area contributed by atoms with Crippen molar-refractivity contribution in [1.82, 2.24) is 10.6 Å². The first-order valence-corrected chi connectivity index (χ1v) is 12.5. The maximum atomic E-state index is 14.8. The van der Waals surface area contributed by atoms with E-state index in [2.05, 4.69) is 22.5 Å². The van der Waals surface area contributed by atoms with Crippen molar-refractivity contribution in [2.45, 2.75) is 62.7 Å². The van der Waals surface area contributed by atoms with E-state index in [1.165, 1.54) is 6.08 Å². The van der Waals surface area contributed by atoms with Gasteiger partial charge in [-0.2, -0.15) is 0 Å². The molecule has 0 saturated heterocycles. The van der Waals surface area contributed by atoms with E-state index in [9.17, 15) is 18.4 Å². The fourth-order valence-electron chi connectivity index (χ4n) is 3.63. The molecule has 0 aromatic carbocycles. The van der Waals surface area contributed by atoms with Crippen LogP contribution in [-0.4, -0.2) is 75.9 Å². The summed E-state index contributed by atoms with van der Waals surface area (Å²) in [7, 11) is 0. The predicted octanol–water partition coefficient (Wildman–Crippen LogP) is 2.95. The van der Waals surface area contributed by atoms with Crippen LogP contribution in [-0.2, 0) is 23.8 Å². The molecule has 2 aliphatic rings. The van der Waals surface area contributed by atoms with Crippen molar-refractivity contribution in [3.63, 3.8) is 0 Å². The zero-order valence-electron chi connectivity index (χ0n) is 20.4. The number of nitrogens with one attached hydrogen (secondary N) is 2. The number of ether oxygens (including phenoxy) is 3. The Morgan fingerprint density at radius 1 is 0.800 bits per heavy atom. The average molecular weight is 497 g/mol. The molecule has 0 fully saturated rings. The van der Waals surface area contributed by atoms with Gasteiger partial charge in [0.1, 0.15) is 0 Å². The Hall–Kier alpha value is -2.28. The molecule has 0 bridgehead atoms. The van der Waals surface area contributed by atoms with Crippen molar-refractivity contribution in [1.29, 1.82) is 0 Å². The van der Waals surface area contributed by atoms with Gasteiger partial charge in [0.05, 0.1) is 39.6 Å². The Morgan fingerprint density at radius 3 is 2.17 bits per heavy atom. The van der Waals surface area contributed by atoms with Crippen LogP contribution in [0.4, 0.5) is 8.78 Å². The Morgan fingerprint density at radius 2 is 1.46 bits per heavy atom. The van der Waals surface area contributed by atoms with Gasteiger partial charge >= 0.3 is 0 Å². The van der Waals surface area contributed by atoms with E-state index >= 15 is 0 Å². The predicted molar refractivity (Wildman–Crippen MR) is 129 cm³/mol. The van der Waals surface area contributed by atoms with E-state index < -0.39 is 23.2 Å². The third-order valence-electron chi connectivity index (χ3n) is 5.67. The first-order chi connectivity index (χ1) is 17.0. The van der Waals surface area contributed by atoms with Crippen molar-refractivity contribution in [2.75, 3.05) is 52.7 Å². The Kier molecular flexibility index (Phi) is 13.6. The largest absolute Gasteiger partial charge is 0.377 e. The van der Waals surface area contributed by atoms with E-state index in [0.29, 0.717) is 45.7 Å². The zero-order chi connectivity index (χ0) is 25.2. The van der Waals surface area contributed by atoms with Gasteiger partial charge in [-0.15, -0.1) is 0 Å². The smallest absolute Gasteiger partial charge is 0.270 e. The third kappa shape index (κ3) is 11.3. The van der Waals surface area contributed by atoms with Crippen LogP contribution >= 0.6 is 0 Å². The van der Waals surface area contributed by atoms with E-state index in [4.69, 9.17) is 14.2 Å². The summed E-state index contributed by atoms with van der Waals surface area (Å²) < 4.78 is 45.6. The molecular weight excluding hydrogens is 458 g/mol. The number of alkyl halides is 2. The minimum Gasteiger partial charge on any atom is -0.377 e. The lowest BCUT2D eigenvalue weighted by Crippen LogP contribution is -2.44. The molecule has 0 aliphatic heterocycles. The normalized spacial score (nSPS) is 26.1. The maximum Gasteiger partial charge on any atom is 0.270 e. The Balaban J connectivity index is 1.42. The quantitative estimate of drug-likeness (QED) is 0.285. The molecule has 35 heavy (non-hydrogen) atoms. The van der Waals surface area contributed by atoms with Crippen LogP contribution in [0, 0.1) is 11.8 Å². The molecule has 0 aromatic heterocycles. The summed E-state index contributed by atoms with van der Waals surface area (Å²) in [4.78, 5) is 24.2. The Bertz CT molecular complexity index is 779. The second kappa shape index (κ2) is 16.4. The second-order valence-electron chi connectivity index (χ2n) is 8.55. The van der Waals surface area contributed by atoms with Gasteiger partial charge in [0.25, 0.3) is 11.8 Å². The molecule has 0 aromatic rings. The summed E-state index contributed by atoms with van der Waals surface area (Å²) in [5, 5.41) is 5.12. The van der Waals surface area contributed by atoms with Gasteiger partial charge in [-0.3, -0.25) is 9.59 Å². The zero-order valence-corrected chi connectivity index (χ0v) is 20.4. The van der Waals surface area contributed by atoms with E-state index in [0.717, 1.165) is 19.3 Å². The lowest BCUT2D eigenvalue weighted by molar-refractivity contribution is -0.131. The highest BCUT2D eigenvalue weighted by Gasteiger charge is 2.36. The minimum atomic E-state index is -2.11. The fraction of sp³-hybridized carbons (Fsp3) is 0.692.